The minimum atomic E-state index is -0.676. The third-order valence-corrected chi connectivity index (χ3v) is 3.06. The van der Waals surface area contributed by atoms with Crippen molar-refractivity contribution in [3.63, 3.8) is 0 Å². The van der Waals surface area contributed by atoms with Crippen LogP contribution in [-0.2, 0) is 25.6 Å². The molecule has 1 aromatic carbocycles. The number of benzene rings is 1. The number of alkyl carbamates (subject to hydrolysis) is 1. The molecule has 0 radical (unpaired) electrons. The van der Waals surface area contributed by atoms with E-state index in [0.29, 0.717) is 0 Å². The topological polar surface area (TPSA) is 86.2 Å². The first-order valence-corrected chi connectivity index (χ1v) is 6.85. The molecule has 0 saturated heterocycles. The summed E-state index contributed by atoms with van der Waals surface area (Å²) in [4.78, 5) is 27.1. The van der Waals surface area contributed by atoms with Crippen molar-refractivity contribution in [1.82, 2.24) is 5.32 Å². The normalized spacial score (nSPS) is 17.9. The monoisotopic (exact) mass is 306 g/mol. The number of carbonyl (C=O) groups excluding carboxylic acids is 2. The number of hydrogen-bond acceptors (Lipinski definition) is 6. The molecule has 1 N–H and O–H groups in total. The van der Waals surface area contributed by atoms with Crippen LogP contribution < -0.4 is 5.32 Å². The second kappa shape index (κ2) is 7.44. The molecule has 2 rings (SSSR count). The lowest BCUT2D eigenvalue weighted by Crippen LogP contribution is -2.38. The molecule has 7 heteroatoms. The number of hydrogen-bond donors (Lipinski definition) is 1. The maximum atomic E-state index is 11.7. The minimum absolute atomic E-state index is 0.118. The Morgan fingerprint density at radius 3 is 2.82 bits per heavy atom. The standard InChI is InChI=1S/C15H18N2O5/c1-10(13-17-12(9-21-13)14(18)20-2)16-15(19)22-8-11-6-4-3-5-7-11/h3-7,10,12H,8-9H2,1-2H3,(H,16,19)/t10-,12+/m0/s1. The number of aliphatic imine (C=N–C) groups is 1. The highest BCUT2D eigenvalue weighted by molar-refractivity contribution is 5.90. The van der Waals surface area contributed by atoms with Gasteiger partial charge in [0.05, 0.1) is 7.11 Å². The highest BCUT2D eigenvalue weighted by Gasteiger charge is 2.29. The second-order valence-electron chi connectivity index (χ2n) is 4.75. The number of rotatable bonds is 5. The minimum Gasteiger partial charge on any atom is -0.477 e. The molecule has 0 unspecified atom stereocenters. The van der Waals surface area contributed by atoms with Gasteiger partial charge >= 0.3 is 12.1 Å². The lowest BCUT2D eigenvalue weighted by atomic mass is 10.2. The molecule has 1 heterocycles. The van der Waals surface area contributed by atoms with E-state index >= 15 is 0 Å². The first-order chi connectivity index (χ1) is 10.6. The highest BCUT2D eigenvalue weighted by atomic mass is 16.6. The number of methoxy groups -OCH3 is 1. The first kappa shape index (κ1) is 15.8. The molecule has 22 heavy (non-hydrogen) atoms. The second-order valence-corrected chi connectivity index (χ2v) is 4.75. The Balaban J connectivity index is 1.80. The zero-order valence-corrected chi connectivity index (χ0v) is 12.4. The molecule has 1 aromatic rings. The van der Waals surface area contributed by atoms with Gasteiger partial charge < -0.3 is 19.5 Å². The molecule has 1 aliphatic heterocycles. The maximum Gasteiger partial charge on any atom is 0.408 e. The lowest BCUT2D eigenvalue weighted by Gasteiger charge is -2.13. The molecule has 0 aliphatic carbocycles. The lowest BCUT2D eigenvalue weighted by molar-refractivity contribution is -0.142. The van der Waals surface area contributed by atoms with Gasteiger partial charge in [0, 0.05) is 0 Å². The zero-order chi connectivity index (χ0) is 15.9. The predicted molar refractivity (Wildman–Crippen MR) is 78.4 cm³/mol. The van der Waals surface area contributed by atoms with Crippen LogP contribution >= 0.6 is 0 Å². The van der Waals surface area contributed by atoms with Gasteiger partial charge in [0.25, 0.3) is 0 Å². The van der Waals surface area contributed by atoms with Gasteiger partial charge in [-0.15, -0.1) is 0 Å². The van der Waals surface area contributed by atoms with Crippen molar-refractivity contribution < 1.29 is 23.8 Å². The summed E-state index contributed by atoms with van der Waals surface area (Å²) in [6, 6.07) is 8.19. The Bertz CT molecular complexity index is 558. The fourth-order valence-electron chi connectivity index (χ4n) is 1.89. The molecule has 0 spiro atoms. The molecular weight excluding hydrogens is 288 g/mol. The highest BCUT2D eigenvalue weighted by Crippen LogP contribution is 2.09. The zero-order valence-electron chi connectivity index (χ0n) is 12.4. The average Bonchev–Trinajstić information content (AvgIpc) is 3.03. The molecule has 0 fully saturated rings. The number of amides is 1. The number of ether oxygens (including phenoxy) is 3. The molecule has 0 aromatic heterocycles. The van der Waals surface area contributed by atoms with Crippen molar-refractivity contribution in [2.24, 2.45) is 4.99 Å². The van der Waals surface area contributed by atoms with Gasteiger partial charge in [0.2, 0.25) is 5.90 Å². The van der Waals surface area contributed by atoms with Gasteiger partial charge in [0.15, 0.2) is 6.04 Å². The van der Waals surface area contributed by atoms with Gasteiger partial charge in [-0.3, -0.25) is 0 Å². The summed E-state index contributed by atoms with van der Waals surface area (Å²) in [7, 11) is 1.29. The fraction of sp³-hybridized carbons (Fsp3) is 0.400. The van der Waals surface area contributed by atoms with E-state index in [1.807, 2.05) is 30.3 Å². The van der Waals surface area contributed by atoms with Crippen LogP contribution in [0.2, 0.25) is 0 Å². The van der Waals surface area contributed by atoms with Crippen LogP contribution in [0.4, 0.5) is 4.79 Å². The smallest absolute Gasteiger partial charge is 0.408 e. The molecule has 0 saturated carbocycles. The summed E-state index contributed by atoms with van der Waals surface area (Å²) in [5.41, 5.74) is 0.894. The van der Waals surface area contributed by atoms with E-state index in [2.05, 4.69) is 15.0 Å². The number of esters is 1. The van der Waals surface area contributed by atoms with Crippen molar-refractivity contribution in [2.75, 3.05) is 13.7 Å². The first-order valence-electron chi connectivity index (χ1n) is 6.85. The summed E-state index contributed by atoms with van der Waals surface area (Å²) < 4.78 is 15.0. The number of nitrogens with zero attached hydrogens (tertiary/aromatic N) is 1. The SMILES string of the molecule is COC(=O)[C@H]1COC([C@H](C)NC(=O)OCc2ccccc2)=N1. The van der Waals surface area contributed by atoms with Gasteiger partial charge in [-0.2, -0.15) is 0 Å². The van der Waals surface area contributed by atoms with Crippen LogP contribution in [0.5, 0.6) is 0 Å². The molecule has 1 amide bonds. The summed E-state index contributed by atoms with van der Waals surface area (Å²) in [5.74, 6) is -0.180. The third-order valence-electron chi connectivity index (χ3n) is 3.06. The van der Waals surface area contributed by atoms with E-state index < -0.39 is 24.1 Å². The summed E-state index contributed by atoms with van der Waals surface area (Å²) in [5, 5.41) is 2.60. The van der Waals surface area contributed by atoms with E-state index in [9.17, 15) is 9.59 Å². The quantitative estimate of drug-likeness (QED) is 0.828. The Kier molecular flexibility index (Phi) is 5.35. The molecule has 118 valence electrons. The Morgan fingerprint density at radius 2 is 2.14 bits per heavy atom. The van der Waals surface area contributed by atoms with Crippen LogP contribution in [0.1, 0.15) is 12.5 Å². The summed E-state index contributed by atoms with van der Waals surface area (Å²) >= 11 is 0. The Hall–Kier alpha value is -2.57. The van der Waals surface area contributed by atoms with Crippen molar-refractivity contribution in [2.45, 2.75) is 25.6 Å². The van der Waals surface area contributed by atoms with Gasteiger partial charge in [0.1, 0.15) is 19.3 Å². The maximum absolute atomic E-state index is 11.7. The van der Waals surface area contributed by atoms with Crippen molar-refractivity contribution in [1.29, 1.82) is 0 Å². The van der Waals surface area contributed by atoms with Crippen molar-refractivity contribution in [3.05, 3.63) is 35.9 Å². The van der Waals surface area contributed by atoms with Crippen molar-refractivity contribution in [3.8, 4) is 0 Å². The van der Waals surface area contributed by atoms with Crippen molar-refractivity contribution >= 4 is 18.0 Å². The van der Waals surface area contributed by atoms with E-state index in [4.69, 9.17) is 9.47 Å². The number of nitrogens with one attached hydrogen (secondary N) is 1. The predicted octanol–water partition coefficient (Wildman–Crippen LogP) is 1.27. The summed E-state index contributed by atoms with van der Waals surface area (Å²) in [6.07, 6.45) is -0.579. The molecule has 0 bridgehead atoms. The van der Waals surface area contributed by atoms with Gasteiger partial charge in [-0.05, 0) is 12.5 Å². The van der Waals surface area contributed by atoms with Crippen LogP contribution in [0.15, 0.2) is 35.3 Å². The van der Waals surface area contributed by atoms with E-state index in [-0.39, 0.29) is 19.1 Å². The van der Waals surface area contributed by atoms with E-state index in [1.54, 1.807) is 6.92 Å². The molecule has 2 atom stereocenters. The number of carbonyl (C=O) groups is 2. The van der Waals surface area contributed by atoms with E-state index in [0.717, 1.165) is 5.56 Å². The van der Waals surface area contributed by atoms with Crippen LogP contribution in [0.3, 0.4) is 0 Å². The van der Waals surface area contributed by atoms with Gasteiger partial charge in [-0.25, -0.2) is 14.6 Å². The largest absolute Gasteiger partial charge is 0.477 e. The average molecular weight is 306 g/mol. The van der Waals surface area contributed by atoms with Gasteiger partial charge in [-0.1, -0.05) is 30.3 Å². The van der Waals surface area contributed by atoms with Crippen LogP contribution in [0.25, 0.3) is 0 Å². The van der Waals surface area contributed by atoms with Crippen LogP contribution in [0, 0.1) is 0 Å². The molecule has 7 nitrogen and oxygen atoms in total. The van der Waals surface area contributed by atoms with Crippen LogP contribution in [-0.4, -0.2) is 43.8 Å². The fourth-order valence-corrected chi connectivity index (χ4v) is 1.89. The Morgan fingerprint density at radius 1 is 1.41 bits per heavy atom. The molecule has 1 aliphatic rings. The van der Waals surface area contributed by atoms with E-state index in [1.165, 1.54) is 7.11 Å². The third kappa shape index (κ3) is 4.21. The Labute approximate surface area is 128 Å². The molecular formula is C15H18N2O5. The summed E-state index contributed by atoms with van der Waals surface area (Å²) in [6.45, 7) is 1.99.